The summed E-state index contributed by atoms with van der Waals surface area (Å²) in [5.74, 6) is 0.949. The quantitative estimate of drug-likeness (QED) is 0.710. The van der Waals surface area contributed by atoms with Crippen molar-refractivity contribution < 1.29 is 9.53 Å². The Balaban J connectivity index is 1.70. The van der Waals surface area contributed by atoms with Crippen LogP contribution >= 0.6 is 0 Å². The first kappa shape index (κ1) is 16.8. The van der Waals surface area contributed by atoms with E-state index in [1.165, 1.54) is 0 Å². The number of carbonyl (C=O) groups excluding carboxylic acids is 1. The zero-order chi connectivity index (χ0) is 18.3. The summed E-state index contributed by atoms with van der Waals surface area (Å²) in [5, 5.41) is 0. The van der Waals surface area contributed by atoms with Crippen LogP contribution in [0, 0.1) is 6.92 Å². The molecular weight excluding hydrogens is 326 g/mol. The second kappa shape index (κ2) is 6.57. The van der Waals surface area contributed by atoms with Gasteiger partial charge in [0.2, 0.25) is 0 Å². The molecule has 1 aliphatic rings. The fraction of sp³-hybridized carbons (Fsp3) is 0.333. The number of hydrogen-bond donors (Lipinski definition) is 0. The molecule has 1 saturated heterocycles. The zero-order valence-corrected chi connectivity index (χ0v) is 15.3. The Bertz CT molecular complexity index is 939. The van der Waals surface area contributed by atoms with Crippen molar-refractivity contribution in [1.29, 1.82) is 0 Å². The number of fused-ring (bicyclic) bond motifs is 1. The Morgan fingerprint density at radius 2 is 1.77 bits per heavy atom. The van der Waals surface area contributed by atoms with E-state index in [4.69, 9.17) is 4.74 Å². The van der Waals surface area contributed by atoms with Crippen LogP contribution in [0.15, 0.2) is 48.5 Å². The monoisotopic (exact) mass is 349 g/mol. The Labute approximate surface area is 153 Å². The molecule has 1 amide bonds. The Morgan fingerprint density at radius 3 is 2.46 bits per heavy atom. The maximum absolute atomic E-state index is 12.9. The summed E-state index contributed by atoms with van der Waals surface area (Å²) in [6.07, 6.45) is 0.122. The van der Waals surface area contributed by atoms with Crippen molar-refractivity contribution in [2.45, 2.75) is 33.0 Å². The van der Waals surface area contributed by atoms with Gasteiger partial charge >= 0.3 is 0 Å². The molecule has 0 saturated carbocycles. The van der Waals surface area contributed by atoms with Gasteiger partial charge in [-0.15, -0.1) is 0 Å². The molecule has 0 spiro atoms. The van der Waals surface area contributed by atoms with Crippen molar-refractivity contribution in [2.24, 2.45) is 0 Å². The number of aromatic nitrogens is 2. The molecule has 4 rings (SSSR count). The van der Waals surface area contributed by atoms with Gasteiger partial charge in [0.1, 0.15) is 5.82 Å². The normalized spacial score (nSPS) is 20.5. The molecule has 134 valence electrons. The average Bonchev–Trinajstić information content (AvgIpc) is 2.95. The van der Waals surface area contributed by atoms with Crippen LogP contribution in [0.2, 0.25) is 0 Å². The number of rotatable bonds is 2. The molecule has 0 unspecified atom stereocenters. The molecule has 1 aliphatic heterocycles. The summed E-state index contributed by atoms with van der Waals surface area (Å²) >= 11 is 0. The lowest BCUT2D eigenvalue weighted by molar-refractivity contribution is -0.0586. The smallest absolute Gasteiger partial charge is 0.254 e. The molecule has 5 heteroatoms. The van der Waals surface area contributed by atoms with Gasteiger partial charge in [0, 0.05) is 24.3 Å². The number of imidazole rings is 1. The number of ether oxygens (including phenoxy) is 1. The number of carbonyl (C=O) groups is 1. The van der Waals surface area contributed by atoms with Crippen LogP contribution < -0.4 is 0 Å². The average molecular weight is 349 g/mol. The third kappa shape index (κ3) is 2.99. The summed E-state index contributed by atoms with van der Waals surface area (Å²) in [4.78, 5) is 19.5. The van der Waals surface area contributed by atoms with E-state index in [9.17, 15) is 4.79 Å². The van der Waals surface area contributed by atoms with Crippen LogP contribution in [-0.2, 0) is 4.74 Å². The highest BCUT2D eigenvalue weighted by atomic mass is 16.5. The van der Waals surface area contributed by atoms with Gasteiger partial charge in [-0.25, -0.2) is 4.98 Å². The van der Waals surface area contributed by atoms with Crippen molar-refractivity contribution in [3.05, 3.63) is 59.9 Å². The predicted molar refractivity (Wildman–Crippen MR) is 102 cm³/mol. The fourth-order valence-electron chi connectivity index (χ4n) is 3.76. The van der Waals surface area contributed by atoms with E-state index in [2.05, 4.69) is 21.7 Å². The van der Waals surface area contributed by atoms with Crippen molar-refractivity contribution >= 4 is 16.9 Å². The Morgan fingerprint density at radius 1 is 1.08 bits per heavy atom. The minimum atomic E-state index is 0.0424. The molecule has 3 aromatic rings. The minimum Gasteiger partial charge on any atom is -0.372 e. The first-order valence-electron chi connectivity index (χ1n) is 9.02. The lowest BCUT2D eigenvalue weighted by atomic mass is 10.1. The van der Waals surface area contributed by atoms with Gasteiger partial charge in [-0.3, -0.25) is 9.36 Å². The van der Waals surface area contributed by atoms with Crippen LogP contribution in [0.3, 0.4) is 0 Å². The molecule has 2 heterocycles. The van der Waals surface area contributed by atoms with Gasteiger partial charge in [0.25, 0.3) is 5.91 Å². The largest absolute Gasteiger partial charge is 0.372 e. The van der Waals surface area contributed by atoms with E-state index in [0.717, 1.165) is 22.5 Å². The number of morpholine rings is 1. The molecular formula is C21H23N3O2. The first-order chi connectivity index (χ1) is 12.5. The summed E-state index contributed by atoms with van der Waals surface area (Å²) in [7, 11) is 0. The summed E-state index contributed by atoms with van der Waals surface area (Å²) in [5.41, 5.74) is 3.60. The predicted octanol–water partition coefficient (Wildman–Crippen LogP) is 3.58. The van der Waals surface area contributed by atoms with Gasteiger partial charge in [0.05, 0.1) is 23.2 Å². The molecule has 5 nitrogen and oxygen atoms in total. The molecule has 2 atom stereocenters. The summed E-state index contributed by atoms with van der Waals surface area (Å²) in [6.45, 7) is 7.24. The van der Waals surface area contributed by atoms with Crippen molar-refractivity contribution in [2.75, 3.05) is 13.1 Å². The lowest BCUT2D eigenvalue weighted by Crippen LogP contribution is -2.48. The minimum absolute atomic E-state index is 0.0424. The first-order valence-corrected chi connectivity index (χ1v) is 9.02. The van der Waals surface area contributed by atoms with Gasteiger partial charge in [0.15, 0.2) is 0 Å². The van der Waals surface area contributed by atoms with Crippen molar-refractivity contribution in [1.82, 2.24) is 14.5 Å². The number of nitrogens with zero attached hydrogens (tertiary/aromatic N) is 3. The van der Waals surface area contributed by atoms with Crippen LogP contribution in [0.25, 0.3) is 16.7 Å². The lowest BCUT2D eigenvalue weighted by Gasteiger charge is -2.35. The second-order valence-corrected chi connectivity index (χ2v) is 7.00. The molecule has 0 aliphatic carbocycles. The summed E-state index contributed by atoms with van der Waals surface area (Å²) < 4.78 is 7.84. The maximum Gasteiger partial charge on any atom is 0.254 e. The number of aryl methyl sites for hydroxylation is 1. The van der Waals surface area contributed by atoms with Crippen LogP contribution in [0.4, 0.5) is 0 Å². The molecule has 0 radical (unpaired) electrons. The highest BCUT2D eigenvalue weighted by molar-refractivity contribution is 5.97. The molecule has 26 heavy (non-hydrogen) atoms. The Kier molecular flexibility index (Phi) is 4.24. The van der Waals surface area contributed by atoms with E-state index in [1.54, 1.807) is 0 Å². The molecule has 2 aromatic carbocycles. The van der Waals surface area contributed by atoms with E-state index in [-0.39, 0.29) is 18.1 Å². The molecule has 1 aromatic heterocycles. The third-order valence-corrected chi connectivity index (χ3v) is 4.79. The third-order valence-electron chi connectivity index (χ3n) is 4.79. The van der Waals surface area contributed by atoms with Gasteiger partial charge in [-0.05, 0) is 51.1 Å². The topological polar surface area (TPSA) is 47.4 Å². The van der Waals surface area contributed by atoms with Crippen LogP contribution in [-0.4, -0.2) is 45.7 Å². The van der Waals surface area contributed by atoms with Crippen molar-refractivity contribution in [3.8, 4) is 5.69 Å². The van der Waals surface area contributed by atoms with E-state index < -0.39 is 0 Å². The molecule has 1 fully saturated rings. The van der Waals surface area contributed by atoms with E-state index >= 15 is 0 Å². The van der Waals surface area contributed by atoms with E-state index in [1.807, 2.05) is 62.1 Å². The fourth-order valence-corrected chi connectivity index (χ4v) is 3.76. The van der Waals surface area contributed by atoms with Gasteiger partial charge in [-0.2, -0.15) is 0 Å². The van der Waals surface area contributed by atoms with Gasteiger partial charge in [-0.1, -0.05) is 18.2 Å². The number of para-hydroxylation sites is 1. The second-order valence-electron chi connectivity index (χ2n) is 7.00. The number of amides is 1. The van der Waals surface area contributed by atoms with Crippen LogP contribution in [0.1, 0.15) is 30.0 Å². The van der Waals surface area contributed by atoms with Crippen molar-refractivity contribution in [3.63, 3.8) is 0 Å². The van der Waals surface area contributed by atoms with Crippen LogP contribution in [0.5, 0.6) is 0 Å². The van der Waals surface area contributed by atoms with E-state index in [0.29, 0.717) is 18.7 Å². The molecule has 0 bridgehead atoms. The maximum atomic E-state index is 12.9. The number of hydrogen-bond acceptors (Lipinski definition) is 3. The molecule has 0 N–H and O–H groups in total. The standard InChI is InChI=1S/C21H23N3O2/c1-14-12-23(13-15(2)26-14)21(25)17-9-10-20-19(11-17)22-16(3)24(20)18-7-5-4-6-8-18/h4-11,14-15H,12-13H2,1-3H3/t14-,15-/m1/s1. The summed E-state index contributed by atoms with van der Waals surface area (Å²) in [6, 6.07) is 15.9. The SMILES string of the molecule is Cc1nc2cc(C(=O)N3C[C@@H](C)O[C@H](C)C3)ccc2n1-c1ccccc1. The number of benzene rings is 2. The Hall–Kier alpha value is -2.66. The highest BCUT2D eigenvalue weighted by Gasteiger charge is 2.27. The van der Waals surface area contributed by atoms with Gasteiger partial charge < -0.3 is 9.64 Å². The highest BCUT2D eigenvalue weighted by Crippen LogP contribution is 2.23. The zero-order valence-electron chi connectivity index (χ0n) is 15.3.